The number of nitro groups is 1. The van der Waals surface area contributed by atoms with Crippen molar-refractivity contribution in [3.63, 3.8) is 0 Å². The normalized spacial score (nSPS) is 12.0. The Bertz CT molecular complexity index is 508. The molecule has 0 fully saturated rings. The number of hydrogen-bond acceptors (Lipinski definition) is 4. The fourth-order valence-corrected chi connectivity index (χ4v) is 2.26. The molecule has 21 heavy (non-hydrogen) atoms. The Balaban J connectivity index is 2.68. The Hall–Kier alpha value is -1.69. The largest absolute Gasteiger partial charge is 0.349 e. The molecule has 1 unspecified atom stereocenters. The maximum Gasteiger partial charge on any atom is 0.319 e. The van der Waals surface area contributed by atoms with Gasteiger partial charge in [-0.05, 0) is 19.4 Å². The van der Waals surface area contributed by atoms with Crippen LogP contribution in [0.2, 0.25) is 5.15 Å². The molecule has 1 amide bonds. The Labute approximate surface area is 129 Å². The van der Waals surface area contributed by atoms with Crippen LogP contribution in [0.15, 0.2) is 12.3 Å². The predicted molar refractivity (Wildman–Crippen MR) is 81.6 cm³/mol. The Morgan fingerprint density at radius 1 is 1.48 bits per heavy atom. The molecular weight excluding hydrogens is 294 g/mol. The SMILES string of the molecule is CCCCCCC(C)NC(=O)c1ccnc(Cl)c1[N+](=O)[O-]. The smallest absolute Gasteiger partial charge is 0.319 e. The van der Waals surface area contributed by atoms with E-state index in [0.717, 1.165) is 25.7 Å². The summed E-state index contributed by atoms with van der Waals surface area (Å²) in [4.78, 5) is 26.0. The van der Waals surface area contributed by atoms with Gasteiger partial charge in [-0.3, -0.25) is 14.9 Å². The lowest BCUT2D eigenvalue weighted by Crippen LogP contribution is -2.33. The van der Waals surface area contributed by atoms with Crippen LogP contribution in [0.5, 0.6) is 0 Å². The Morgan fingerprint density at radius 2 is 2.19 bits per heavy atom. The van der Waals surface area contributed by atoms with Gasteiger partial charge in [-0.15, -0.1) is 0 Å². The number of unbranched alkanes of at least 4 members (excludes halogenated alkanes) is 3. The highest BCUT2D eigenvalue weighted by atomic mass is 35.5. The van der Waals surface area contributed by atoms with E-state index in [9.17, 15) is 14.9 Å². The molecule has 1 aromatic rings. The fraction of sp³-hybridized carbons (Fsp3) is 0.571. The van der Waals surface area contributed by atoms with Gasteiger partial charge in [0.15, 0.2) is 0 Å². The lowest BCUT2D eigenvalue weighted by Gasteiger charge is -2.13. The molecule has 1 heterocycles. The van der Waals surface area contributed by atoms with Crippen LogP contribution in [-0.4, -0.2) is 21.9 Å². The number of halogens is 1. The zero-order valence-electron chi connectivity index (χ0n) is 12.3. The van der Waals surface area contributed by atoms with Crippen LogP contribution in [0.4, 0.5) is 5.69 Å². The number of nitrogens with zero attached hydrogens (tertiary/aromatic N) is 2. The summed E-state index contributed by atoms with van der Waals surface area (Å²) in [7, 11) is 0. The van der Waals surface area contributed by atoms with Crippen molar-refractivity contribution in [3.05, 3.63) is 33.1 Å². The molecule has 0 aliphatic heterocycles. The van der Waals surface area contributed by atoms with Crippen molar-refractivity contribution >= 4 is 23.2 Å². The summed E-state index contributed by atoms with van der Waals surface area (Å²) in [5, 5.41) is 13.5. The van der Waals surface area contributed by atoms with Gasteiger partial charge in [-0.1, -0.05) is 44.2 Å². The van der Waals surface area contributed by atoms with Gasteiger partial charge in [-0.25, -0.2) is 4.98 Å². The van der Waals surface area contributed by atoms with Crippen LogP contribution in [-0.2, 0) is 0 Å². The maximum absolute atomic E-state index is 12.1. The molecule has 1 aromatic heterocycles. The second-order valence-electron chi connectivity index (χ2n) is 4.98. The van der Waals surface area contributed by atoms with E-state index in [4.69, 9.17) is 11.6 Å². The molecule has 0 aliphatic rings. The second kappa shape index (κ2) is 8.56. The fourth-order valence-electron chi connectivity index (χ4n) is 2.04. The van der Waals surface area contributed by atoms with Crippen molar-refractivity contribution in [2.24, 2.45) is 0 Å². The molecule has 6 nitrogen and oxygen atoms in total. The third-order valence-electron chi connectivity index (χ3n) is 3.17. The number of amides is 1. The summed E-state index contributed by atoms with van der Waals surface area (Å²) in [5.74, 6) is -0.492. The first-order chi connectivity index (χ1) is 9.97. The summed E-state index contributed by atoms with van der Waals surface area (Å²) in [6, 6.07) is 1.27. The van der Waals surface area contributed by atoms with Crippen molar-refractivity contribution in [2.75, 3.05) is 0 Å². The van der Waals surface area contributed by atoms with Crippen molar-refractivity contribution in [1.29, 1.82) is 0 Å². The number of carbonyl (C=O) groups is 1. The number of rotatable bonds is 8. The summed E-state index contributed by atoms with van der Waals surface area (Å²) >= 11 is 5.69. The molecule has 1 N–H and O–H groups in total. The molecule has 0 saturated heterocycles. The summed E-state index contributed by atoms with van der Waals surface area (Å²) in [5.41, 5.74) is -0.504. The number of pyridine rings is 1. The minimum atomic E-state index is -0.684. The van der Waals surface area contributed by atoms with Crippen LogP contribution in [0.25, 0.3) is 0 Å². The standard InChI is InChI=1S/C14H20ClN3O3/c1-3-4-5-6-7-10(2)17-14(19)11-8-9-16-13(15)12(11)18(20)21/h8-10H,3-7H2,1-2H3,(H,17,19). The van der Waals surface area contributed by atoms with Crippen LogP contribution in [0.1, 0.15) is 56.3 Å². The lowest BCUT2D eigenvalue weighted by atomic mass is 10.1. The topological polar surface area (TPSA) is 85.1 Å². The zero-order valence-corrected chi connectivity index (χ0v) is 13.0. The van der Waals surface area contributed by atoms with Gasteiger partial charge in [0, 0.05) is 12.2 Å². The number of hydrogen-bond donors (Lipinski definition) is 1. The summed E-state index contributed by atoms with van der Waals surface area (Å²) < 4.78 is 0. The average molecular weight is 314 g/mol. The van der Waals surface area contributed by atoms with Crippen molar-refractivity contribution < 1.29 is 9.72 Å². The third kappa shape index (κ3) is 5.30. The lowest BCUT2D eigenvalue weighted by molar-refractivity contribution is -0.385. The van der Waals surface area contributed by atoms with E-state index in [1.807, 2.05) is 6.92 Å². The second-order valence-corrected chi connectivity index (χ2v) is 5.34. The Morgan fingerprint density at radius 3 is 2.81 bits per heavy atom. The van der Waals surface area contributed by atoms with Gasteiger partial charge < -0.3 is 5.32 Å². The maximum atomic E-state index is 12.1. The van der Waals surface area contributed by atoms with E-state index >= 15 is 0 Å². The van der Waals surface area contributed by atoms with Gasteiger partial charge in [0.05, 0.1) is 4.92 Å². The van der Waals surface area contributed by atoms with E-state index in [2.05, 4.69) is 17.2 Å². The van der Waals surface area contributed by atoms with E-state index < -0.39 is 16.5 Å². The predicted octanol–water partition coefficient (Wildman–Crippen LogP) is 3.73. The Kier molecular flexibility index (Phi) is 7.08. The first kappa shape index (κ1) is 17.4. The summed E-state index contributed by atoms with van der Waals surface area (Å²) in [6.07, 6.45) is 6.61. The first-order valence-electron chi connectivity index (χ1n) is 7.07. The number of nitrogens with one attached hydrogen (secondary N) is 1. The number of carbonyl (C=O) groups excluding carboxylic acids is 1. The molecule has 0 aliphatic carbocycles. The van der Waals surface area contributed by atoms with Crippen molar-refractivity contribution in [2.45, 2.75) is 52.0 Å². The highest BCUT2D eigenvalue weighted by molar-refractivity contribution is 6.32. The molecule has 0 spiro atoms. The highest BCUT2D eigenvalue weighted by Gasteiger charge is 2.25. The summed E-state index contributed by atoms with van der Waals surface area (Å²) in [6.45, 7) is 4.02. The molecule has 1 rings (SSSR count). The molecule has 0 bridgehead atoms. The van der Waals surface area contributed by atoms with Crippen LogP contribution >= 0.6 is 11.6 Å². The molecule has 116 valence electrons. The molecule has 0 aromatic carbocycles. The van der Waals surface area contributed by atoms with Crippen LogP contribution in [0, 0.1) is 10.1 Å². The molecule has 0 saturated carbocycles. The van der Waals surface area contributed by atoms with E-state index in [1.165, 1.54) is 18.7 Å². The van der Waals surface area contributed by atoms with Gasteiger partial charge >= 0.3 is 5.69 Å². The van der Waals surface area contributed by atoms with Gasteiger partial charge in [0.25, 0.3) is 5.91 Å². The van der Waals surface area contributed by atoms with Gasteiger partial charge in [0.2, 0.25) is 5.15 Å². The highest BCUT2D eigenvalue weighted by Crippen LogP contribution is 2.25. The molecule has 7 heteroatoms. The monoisotopic (exact) mass is 313 g/mol. The minimum Gasteiger partial charge on any atom is -0.349 e. The van der Waals surface area contributed by atoms with E-state index in [-0.39, 0.29) is 16.8 Å². The third-order valence-corrected chi connectivity index (χ3v) is 3.45. The molecular formula is C14H20ClN3O3. The quantitative estimate of drug-likeness (QED) is 0.343. The molecule has 1 atom stereocenters. The first-order valence-corrected chi connectivity index (χ1v) is 7.45. The van der Waals surface area contributed by atoms with Gasteiger partial charge in [0.1, 0.15) is 5.56 Å². The zero-order chi connectivity index (χ0) is 15.8. The van der Waals surface area contributed by atoms with Crippen LogP contribution < -0.4 is 5.32 Å². The average Bonchev–Trinajstić information content (AvgIpc) is 2.42. The van der Waals surface area contributed by atoms with E-state index in [0.29, 0.717) is 0 Å². The minimum absolute atomic E-state index is 0.0408. The van der Waals surface area contributed by atoms with Crippen molar-refractivity contribution in [1.82, 2.24) is 10.3 Å². The number of aromatic nitrogens is 1. The van der Waals surface area contributed by atoms with E-state index in [1.54, 1.807) is 0 Å². The molecule has 0 radical (unpaired) electrons. The van der Waals surface area contributed by atoms with Crippen molar-refractivity contribution in [3.8, 4) is 0 Å². The van der Waals surface area contributed by atoms with Crippen LogP contribution in [0.3, 0.4) is 0 Å². The van der Waals surface area contributed by atoms with Gasteiger partial charge in [-0.2, -0.15) is 0 Å².